The summed E-state index contributed by atoms with van der Waals surface area (Å²) in [6, 6.07) is 8.27. The van der Waals surface area contributed by atoms with Crippen LogP contribution in [0, 0.1) is 5.82 Å². The van der Waals surface area contributed by atoms with Crippen LogP contribution in [0.15, 0.2) is 52.6 Å². The molecule has 0 spiro atoms. The summed E-state index contributed by atoms with van der Waals surface area (Å²) < 4.78 is 19.3. The van der Waals surface area contributed by atoms with E-state index in [1.807, 2.05) is 0 Å². The van der Waals surface area contributed by atoms with Crippen LogP contribution in [-0.4, -0.2) is 33.9 Å². The minimum atomic E-state index is -0.584. The fourth-order valence-corrected chi connectivity index (χ4v) is 2.37. The Bertz CT molecular complexity index is 1090. The van der Waals surface area contributed by atoms with Crippen molar-refractivity contribution in [1.82, 2.24) is 15.0 Å². The van der Waals surface area contributed by atoms with Gasteiger partial charge in [0.1, 0.15) is 23.9 Å². The molecule has 0 aliphatic carbocycles. The second kappa shape index (κ2) is 7.65. The third-order valence-electron chi connectivity index (χ3n) is 3.73. The Morgan fingerprint density at radius 1 is 1.37 bits per heavy atom. The van der Waals surface area contributed by atoms with Crippen LogP contribution in [0.5, 0.6) is 11.5 Å². The van der Waals surface area contributed by atoms with Crippen LogP contribution in [-0.2, 0) is 11.3 Å². The summed E-state index contributed by atoms with van der Waals surface area (Å²) in [7, 11) is 1.47. The van der Waals surface area contributed by atoms with Gasteiger partial charge in [0.25, 0.3) is 11.5 Å². The zero-order valence-electron chi connectivity index (χ0n) is 14.2. The third-order valence-corrected chi connectivity index (χ3v) is 3.73. The van der Waals surface area contributed by atoms with Gasteiger partial charge in [-0.05, 0) is 30.3 Å². The molecule has 0 atom stereocenters. The SMILES string of the molecule is COc1ccc(/C=N/NC(=O)Cn2cnc3ccc(F)cc3c2=O)c(O)c1. The van der Waals surface area contributed by atoms with Gasteiger partial charge in [0.05, 0.1) is 30.6 Å². The van der Waals surface area contributed by atoms with Gasteiger partial charge in [-0.25, -0.2) is 14.8 Å². The van der Waals surface area contributed by atoms with Crippen molar-refractivity contribution in [3.63, 3.8) is 0 Å². The number of aromatic hydroxyl groups is 1. The molecular formula is C18H15FN4O4. The van der Waals surface area contributed by atoms with Crippen LogP contribution >= 0.6 is 0 Å². The lowest BCUT2D eigenvalue weighted by molar-refractivity contribution is -0.121. The molecule has 1 aromatic heterocycles. The standard InChI is InChI=1S/C18H15FN4O4/c1-27-13-4-2-11(16(24)7-13)8-21-22-17(25)9-23-10-20-15-5-3-12(19)6-14(15)18(23)26/h2-8,10,24H,9H2,1H3,(H,22,25)/b21-8+. The van der Waals surface area contributed by atoms with Crippen molar-refractivity contribution in [3.05, 3.63) is 64.5 Å². The van der Waals surface area contributed by atoms with E-state index >= 15 is 0 Å². The van der Waals surface area contributed by atoms with E-state index in [9.17, 15) is 19.1 Å². The molecule has 1 heterocycles. The monoisotopic (exact) mass is 370 g/mol. The maximum absolute atomic E-state index is 13.3. The van der Waals surface area contributed by atoms with Gasteiger partial charge < -0.3 is 9.84 Å². The van der Waals surface area contributed by atoms with Crippen LogP contribution in [0.25, 0.3) is 10.9 Å². The second-order valence-electron chi connectivity index (χ2n) is 5.56. The number of benzene rings is 2. The van der Waals surface area contributed by atoms with Gasteiger partial charge >= 0.3 is 0 Å². The molecular weight excluding hydrogens is 355 g/mol. The summed E-state index contributed by atoms with van der Waals surface area (Å²) in [6.45, 7) is -0.343. The van der Waals surface area contributed by atoms with Crippen molar-refractivity contribution >= 4 is 23.0 Å². The number of hydrogen-bond donors (Lipinski definition) is 2. The normalized spacial score (nSPS) is 11.0. The fraction of sp³-hybridized carbons (Fsp3) is 0.111. The van der Waals surface area contributed by atoms with E-state index in [-0.39, 0.29) is 17.7 Å². The number of halogens is 1. The molecule has 3 rings (SSSR count). The summed E-state index contributed by atoms with van der Waals surface area (Å²) in [4.78, 5) is 28.3. The number of nitrogens with zero attached hydrogens (tertiary/aromatic N) is 3. The molecule has 3 aromatic rings. The topological polar surface area (TPSA) is 106 Å². The van der Waals surface area contributed by atoms with Gasteiger partial charge in [-0.2, -0.15) is 5.10 Å². The second-order valence-corrected chi connectivity index (χ2v) is 5.56. The summed E-state index contributed by atoms with van der Waals surface area (Å²) in [5.74, 6) is -0.732. The lowest BCUT2D eigenvalue weighted by Crippen LogP contribution is -2.30. The first-order chi connectivity index (χ1) is 13.0. The number of ether oxygens (including phenoxy) is 1. The molecule has 138 valence electrons. The summed E-state index contributed by atoms with van der Waals surface area (Å²) in [5, 5.41) is 13.6. The van der Waals surface area contributed by atoms with Crippen LogP contribution in [0.3, 0.4) is 0 Å². The van der Waals surface area contributed by atoms with Crippen molar-refractivity contribution in [2.45, 2.75) is 6.54 Å². The number of phenols is 1. The number of carbonyl (C=O) groups is 1. The maximum atomic E-state index is 13.3. The van der Waals surface area contributed by atoms with Crippen LogP contribution in [0.2, 0.25) is 0 Å². The highest BCUT2D eigenvalue weighted by molar-refractivity contribution is 5.85. The molecule has 0 saturated carbocycles. The first kappa shape index (κ1) is 18.1. The zero-order valence-corrected chi connectivity index (χ0v) is 14.2. The number of methoxy groups -OCH3 is 1. The molecule has 27 heavy (non-hydrogen) atoms. The Hall–Kier alpha value is -3.75. The lowest BCUT2D eigenvalue weighted by Gasteiger charge is -2.06. The molecule has 2 aromatic carbocycles. The van der Waals surface area contributed by atoms with Gasteiger partial charge in [0.2, 0.25) is 0 Å². The summed E-state index contributed by atoms with van der Waals surface area (Å²) in [6.07, 6.45) is 2.46. The Morgan fingerprint density at radius 2 is 2.19 bits per heavy atom. The van der Waals surface area contributed by atoms with Crippen molar-refractivity contribution in [2.75, 3.05) is 7.11 Å². The number of carbonyl (C=O) groups excluding carboxylic acids is 1. The molecule has 0 unspecified atom stereocenters. The number of nitrogens with one attached hydrogen (secondary N) is 1. The summed E-state index contributed by atoms with van der Waals surface area (Å²) >= 11 is 0. The minimum Gasteiger partial charge on any atom is -0.507 e. The van der Waals surface area contributed by atoms with Gasteiger partial charge in [0.15, 0.2) is 0 Å². The highest BCUT2D eigenvalue weighted by Crippen LogP contribution is 2.21. The average Bonchev–Trinajstić information content (AvgIpc) is 2.65. The van der Waals surface area contributed by atoms with E-state index in [1.54, 1.807) is 12.1 Å². The maximum Gasteiger partial charge on any atom is 0.261 e. The molecule has 2 N–H and O–H groups in total. The predicted octanol–water partition coefficient (Wildman–Crippen LogP) is 1.40. The van der Waals surface area contributed by atoms with E-state index in [0.717, 1.165) is 10.6 Å². The van der Waals surface area contributed by atoms with E-state index in [0.29, 0.717) is 16.8 Å². The zero-order chi connectivity index (χ0) is 19.4. The average molecular weight is 370 g/mol. The molecule has 9 heteroatoms. The van der Waals surface area contributed by atoms with Crippen molar-refractivity contribution in [1.29, 1.82) is 0 Å². The highest BCUT2D eigenvalue weighted by Gasteiger charge is 2.08. The van der Waals surface area contributed by atoms with Gasteiger partial charge in [0, 0.05) is 11.6 Å². The van der Waals surface area contributed by atoms with Crippen LogP contribution in [0.1, 0.15) is 5.56 Å². The highest BCUT2D eigenvalue weighted by atomic mass is 19.1. The largest absolute Gasteiger partial charge is 0.507 e. The van der Waals surface area contributed by atoms with Crippen molar-refractivity contribution in [2.24, 2.45) is 5.10 Å². The number of amides is 1. The van der Waals surface area contributed by atoms with Gasteiger partial charge in [-0.15, -0.1) is 0 Å². The number of hydrogen-bond acceptors (Lipinski definition) is 6. The Labute approximate surface area is 152 Å². The van der Waals surface area contributed by atoms with Crippen LogP contribution in [0.4, 0.5) is 4.39 Å². The molecule has 0 aliphatic rings. The first-order valence-corrected chi connectivity index (χ1v) is 7.81. The predicted molar refractivity (Wildman–Crippen MR) is 96.4 cm³/mol. The molecule has 1 amide bonds. The first-order valence-electron chi connectivity index (χ1n) is 7.81. The van der Waals surface area contributed by atoms with E-state index < -0.39 is 17.3 Å². The quantitative estimate of drug-likeness (QED) is 0.522. The number of hydrazone groups is 1. The number of aromatic nitrogens is 2. The van der Waals surface area contributed by atoms with Crippen molar-refractivity contribution in [3.8, 4) is 11.5 Å². The fourth-order valence-electron chi connectivity index (χ4n) is 2.37. The number of rotatable bonds is 5. The van der Waals surface area contributed by atoms with E-state index in [2.05, 4.69) is 15.5 Å². The van der Waals surface area contributed by atoms with Gasteiger partial charge in [-0.1, -0.05) is 0 Å². The lowest BCUT2D eigenvalue weighted by atomic mass is 10.2. The number of phenolic OH excluding ortho intramolecular Hbond substituents is 1. The molecule has 8 nitrogen and oxygen atoms in total. The Kier molecular flexibility index (Phi) is 5.11. The Morgan fingerprint density at radius 3 is 2.93 bits per heavy atom. The molecule has 0 saturated heterocycles. The molecule has 0 bridgehead atoms. The molecule has 0 aliphatic heterocycles. The molecule has 0 fully saturated rings. The summed E-state index contributed by atoms with van der Waals surface area (Å²) in [5.41, 5.74) is 2.42. The number of fused-ring (bicyclic) bond motifs is 1. The third kappa shape index (κ3) is 4.09. The van der Waals surface area contributed by atoms with Crippen molar-refractivity contribution < 1.29 is 19.0 Å². The van der Waals surface area contributed by atoms with Gasteiger partial charge in [-0.3, -0.25) is 14.2 Å². The van der Waals surface area contributed by atoms with E-state index in [4.69, 9.17) is 4.74 Å². The minimum absolute atomic E-state index is 0.0654. The van der Waals surface area contributed by atoms with E-state index in [1.165, 1.54) is 37.9 Å². The smallest absolute Gasteiger partial charge is 0.261 e. The Balaban J connectivity index is 1.70. The molecule has 0 radical (unpaired) electrons. The van der Waals surface area contributed by atoms with Crippen LogP contribution < -0.4 is 15.7 Å².